The lowest BCUT2D eigenvalue weighted by Gasteiger charge is -2.18. The molecule has 0 aliphatic heterocycles. The van der Waals surface area contributed by atoms with Gasteiger partial charge in [0.05, 0.1) is 11.4 Å². The number of aromatic nitrogens is 1. The number of nitrogens with zero attached hydrogens (tertiary/aromatic N) is 1. The number of benzene rings is 1. The summed E-state index contributed by atoms with van der Waals surface area (Å²) in [6.45, 7) is 8.47. The smallest absolute Gasteiger partial charge is 0.0886 e. The van der Waals surface area contributed by atoms with Crippen LogP contribution < -0.4 is 5.73 Å². The second kappa shape index (κ2) is 6.45. The Morgan fingerprint density at radius 1 is 1.16 bits per heavy atom. The van der Waals surface area contributed by atoms with Crippen LogP contribution in [-0.4, -0.2) is 10.7 Å². The van der Waals surface area contributed by atoms with E-state index in [0.717, 1.165) is 5.56 Å². The van der Waals surface area contributed by atoms with Gasteiger partial charge in [0.2, 0.25) is 0 Å². The van der Waals surface area contributed by atoms with E-state index in [4.69, 9.17) is 11.1 Å². The zero-order valence-electron chi connectivity index (χ0n) is 15.1. The summed E-state index contributed by atoms with van der Waals surface area (Å²) in [6, 6.07) is 12.8. The van der Waals surface area contributed by atoms with Gasteiger partial charge in [-0.25, -0.2) is 0 Å². The van der Waals surface area contributed by atoms with Gasteiger partial charge in [-0.3, -0.25) is 10.4 Å². The quantitative estimate of drug-likeness (QED) is 0.614. The Morgan fingerprint density at radius 2 is 1.92 bits per heavy atom. The molecule has 0 aliphatic carbocycles. The number of fused-ring (bicyclic) bond motifs is 1. The van der Waals surface area contributed by atoms with Crippen molar-refractivity contribution in [2.45, 2.75) is 33.1 Å². The molecule has 0 aliphatic rings. The van der Waals surface area contributed by atoms with Crippen molar-refractivity contribution < 1.29 is 0 Å². The molecule has 0 saturated heterocycles. The van der Waals surface area contributed by atoms with Gasteiger partial charge in [-0.2, -0.15) is 0 Å². The van der Waals surface area contributed by atoms with Gasteiger partial charge >= 0.3 is 0 Å². The van der Waals surface area contributed by atoms with Gasteiger partial charge in [-0.1, -0.05) is 32.9 Å². The Hall–Kier alpha value is -2.46. The van der Waals surface area contributed by atoms with E-state index in [-0.39, 0.29) is 5.41 Å². The Balaban J connectivity index is 2.02. The minimum Gasteiger partial charge on any atom is -0.402 e. The third-order valence-electron chi connectivity index (χ3n) is 4.08. The van der Waals surface area contributed by atoms with Crippen LogP contribution >= 0.6 is 11.3 Å². The Labute approximate surface area is 152 Å². The highest BCUT2D eigenvalue weighted by Crippen LogP contribution is 2.36. The van der Waals surface area contributed by atoms with Crippen molar-refractivity contribution in [1.29, 1.82) is 5.41 Å². The van der Waals surface area contributed by atoms with Gasteiger partial charge < -0.3 is 5.73 Å². The molecule has 0 unspecified atom stereocenters. The lowest BCUT2D eigenvalue weighted by atomic mass is 9.87. The van der Waals surface area contributed by atoms with Crippen molar-refractivity contribution in [2.24, 2.45) is 5.73 Å². The maximum atomic E-state index is 8.11. The minimum atomic E-state index is 0.143. The van der Waals surface area contributed by atoms with E-state index in [1.165, 1.54) is 20.5 Å². The minimum absolute atomic E-state index is 0.143. The van der Waals surface area contributed by atoms with E-state index in [0.29, 0.717) is 17.1 Å². The Bertz CT molecular complexity index is 970. The standard InChI is InChI=1S/C21H23N3S/c1-13(22)9-17(23)18-10-15(7-8-24-18)19-11-14-5-6-16(21(2,3)4)12-20(14)25-19/h5-12,23H,22H2,1-4H3. The second-order valence-corrected chi connectivity index (χ2v) is 8.43. The van der Waals surface area contributed by atoms with Gasteiger partial charge in [-0.15, -0.1) is 11.3 Å². The molecular formula is C21H23N3S. The molecule has 3 nitrogen and oxygen atoms in total. The lowest BCUT2D eigenvalue weighted by Crippen LogP contribution is -2.10. The summed E-state index contributed by atoms with van der Waals surface area (Å²) in [6.07, 6.45) is 3.39. The summed E-state index contributed by atoms with van der Waals surface area (Å²) in [5, 5.41) is 9.36. The lowest BCUT2D eigenvalue weighted by molar-refractivity contribution is 0.591. The number of allylic oxidation sites excluding steroid dienone is 2. The maximum absolute atomic E-state index is 8.11. The number of nitrogens with one attached hydrogen (secondary N) is 1. The van der Waals surface area contributed by atoms with Crippen LogP contribution in [0.15, 0.2) is 54.4 Å². The van der Waals surface area contributed by atoms with Crippen LogP contribution in [-0.2, 0) is 5.41 Å². The molecule has 0 amide bonds. The molecule has 3 N–H and O–H groups in total. The summed E-state index contributed by atoms with van der Waals surface area (Å²) >= 11 is 1.78. The van der Waals surface area contributed by atoms with Gasteiger partial charge in [0.15, 0.2) is 0 Å². The molecule has 25 heavy (non-hydrogen) atoms. The first kappa shape index (κ1) is 17.4. The molecule has 0 radical (unpaired) electrons. The predicted octanol–water partition coefficient (Wildman–Crippen LogP) is 5.49. The van der Waals surface area contributed by atoms with Crippen LogP contribution in [0.25, 0.3) is 20.5 Å². The molecule has 0 saturated carbocycles. The Kier molecular flexibility index (Phi) is 4.48. The fourth-order valence-corrected chi connectivity index (χ4v) is 3.77. The van der Waals surface area contributed by atoms with Crippen LogP contribution in [0.5, 0.6) is 0 Å². The largest absolute Gasteiger partial charge is 0.402 e. The van der Waals surface area contributed by atoms with Gasteiger partial charge in [-0.05, 0) is 59.2 Å². The van der Waals surface area contributed by atoms with Gasteiger partial charge in [0, 0.05) is 21.5 Å². The van der Waals surface area contributed by atoms with Crippen molar-refractivity contribution in [3.63, 3.8) is 0 Å². The molecule has 128 valence electrons. The molecule has 0 bridgehead atoms. The Morgan fingerprint density at radius 3 is 2.60 bits per heavy atom. The van der Waals surface area contributed by atoms with Crippen molar-refractivity contribution in [3.8, 4) is 10.4 Å². The molecule has 0 fully saturated rings. The first-order valence-corrected chi connectivity index (χ1v) is 9.09. The van der Waals surface area contributed by atoms with Crippen molar-refractivity contribution in [3.05, 3.63) is 65.6 Å². The highest BCUT2D eigenvalue weighted by Gasteiger charge is 2.15. The maximum Gasteiger partial charge on any atom is 0.0886 e. The number of rotatable bonds is 3. The average Bonchev–Trinajstić information content (AvgIpc) is 2.96. The monoisotopic (exact) mass is 349 g/mol. The average molecular weight is 350 g/mol. The van der Waals surface area contributed by atoms with E-state index in [1.807, 2.05) is 12.1 Å². The topological polar surface area (TPSA) is 62.8 Å². The fourth-order valence-electron chi connectivity index (χ4n) is 2.67. The van der Waals surface area contributed by atoms with Crippen LogP contribution in [0, 0.1) is 5.41 Å². The van der Waals surface area contributed by atoms with Crippen molar-refractivity contribution in [1.82, 2.24) is 4.98 Å². The van der Waals surface area contributed by atoms with E-state index < -0.39 is 0 Å². The zero-order valence-corrected chi connectivity index (χ0v) is 15.9. The van der Waals surface area contributed by atoms with Crippen LogP contribution in [0.3, 0.4) is 0 Å². The van der Waals surface area contributed by atoms with Crippen LogP contribution in [0.2, 0.25) is 0 Å². The van der Waals surface area contributed by atoms with Crippen molar-refractivity contribution in [2.75, 3.05) is 0 Å². The summed E-state index contributed by atoms with van der Waals surface area (Å²) in [4.78, 5) is 5.48. The molecule has 3 rings (SSSR count). The molecule has 3 aromatic rings. The number of hydrogen-bond acceptors (Lipinski definition) is 4. The van der Waals surface area contributed by atoms with E-state index in [9.17, 15) is 0 Å². The molecule has 0 atom stereocenters. The van der Waals surface area contributed by atoms with Gasteiger partial charge in [0.1, 0.15) is 0 Å². The number of hydrogen-bond donors (Lipinski definition) is 2. The molecule has 0 spiro atoms. The first-order valence-electron chi connectivity index (χ1n) is 8.27. The predicted molar refractivity (Wildman–Crippen MR) is 109 cm³/mol. The summed E-state index contributed by atoms with van der Waals surface area (Å²) in [7, 11) is 0. The summed E-state index contributed by atoms with van der Waals surface area (Å²) in [5.74, 6) is 0. The molecular weight excluding hydrogens is 326 g/mol. The van der Waals surface area contributed by atoms with E-state index in [1.54, 1.807) is 30.5 Å². The van der Waals surface area contributed by atoms with Crippen molar-refractivity contribution >= 4 is 27.1 Å². The van der Waals surface area contributed by atoms with E-state index >= 15 is 0 Å². The number of pyridine rings is 1. The third kappa shape index (κ3) is 3.80. The fraction of sp³-hybridized carbons (Fsp3) is 0.238. The molecule has 2 aromatic heterocycles. The summed E-state index contributed by atoms with van der Waals surface area (Å²) in [5.41, 5.74) is 9.81. The molecule has 4 heteroatoms. The van der Waals surface area contributed by atoms with Gasteiger partial charge in [0.25, 0.3) is 0 Å². The van der Waals surface area contributed by atoms with Crippen LogP contribution in [0.1, 0.15) is 39.0 Å². The number of nitrogens with two attached hydrogens (primary N) is 1. The third-order valence-corrected chi connectivity index (χ3v) is 5.23. The number of thiophene rings is 1. The highest BCUT2D eigenvalue weighted by atomic mass is 32.1. The summed E-state index contributed by atoms with van der Waals surface area (Å²) < 4.78 is 1.29. The first-order chi connectivity index (χ1) is 11.7. The van der Waals surface area contributed by atoms with Crippen LogP contribution in [0.4, 0.5) is 0 Å². The van der Waals surface area contributed by atoms with E-state index in [2.05, 4.69) is 50.0 Å². The second-order valence-electron chi connectivity index (χ2n) is 7.35. The molecule has 2 heterocycles. The molecule has 1 aromatic carbocycles. The normalized spacial score (nSPS) is 12.6. The SMILES string of the molecule is CC(N)=CC(=N)c1cc(-c2cc3ccc(C(C)(C)C)cc3s2)ccn1. The zero-order chi connectivity index (χ0) is 18.2. The highest BCUT2D eigenvalue weighted by molar-refractivity contribution is 7.22.